The number of carbonyl (C=O) groups excluding carboxylic acids is 2. The van der Waals surface area contributed by atoms with E-state index in [1.54, 1.807) is 0 Å². The maximum absolute atomic E-state index is 12.7. The molecular weight excluding hydrogens is 739 g/mol. The number of hydrogen-bond acceptors (Lipinski definition) is 6. The summed E-state index contributed by atoms with van der Waals surface area (Å²) in [4.78, 5) is 37.0. The second-order valence-corrected chi connectivity index (χ2v) is 15.9. The fraction of sp³-hybridized carbons (Fsp3) is 0.627. The molecule has 2 atom stereocenters. The summed E-state index contributed by atoms with van der Waals surface area (Å²) < 4.78 is 17.2. The van der Waals surface area contributed by atoms with Crippen LogP contribution in [0.3, 0.4) is 0 Å². The van der Waals surface area contributed by atoms with Crippen molar-refractivity contribution in [3.05, 3.63) is 97.2 Å². The summed E-state index contributed by atoms with van der Waals surface area (Å²) in [5.74, 6) is -1.57. The summed E-state index contributed by atoms with van der Waals surface area (Å²) in [6.07, 6.45) is 54.6. The van der Waals surface area contributed by atoms with Crippen LogP contribution >= 0.6 is 0 Å². The number of esters is 2. The van der Waals surface area contributed by atoms with E-state index < -0.39 is 18.1 Å². The van der Waals surface area contributed by atoms with Gasteiger partial charge < -0.3 is 23.8 Å². The number of allylic oxidation sites excluding steroid dienone is 16. The lowest BCUT2D eigenvalue weighted by Gasteiger charge is -2.31. The Balaban J connectivity index is 4.45. The predicted molar refractivity (Wildman–Crippen MR) is 247 cm³/mol. The summed E-state index contributed by atoms with van der Waals surface area (Å²) in [6.45, 7) is 4.50. The molecule has 0 aromatic carbocycles. The van der Waals surface area contributed by atoms with Crippen LogP contribution in [-0.2, 0) is 28.6 Å². The van der Waals surface area contributed by atoms with Crippen molar-refractivity contribution in [1.82, 2.24) is 0 Å². The van der Waals surface area contributed by atoms with Crippen molar-refractivity contribution in [2.75, 3.05) is 41.0 Å². The van der Waals surface area contributed by atoms with Gasteiger partial charge in [-0.25, -0.2) is 4.79 Å². The highest BCUT2D eigenvalue weighted by Gasteiger charge is 2.31. The molecule has 59 heavy (non-hydrogen) atoms. The number of unbranched alkanes of at least 4 members (excludes halogenated alkanes) is 9. The van der Waals surface area contributed by atoms with Gasteiger partial charge in [0.05, 0.1) is 34.4 Å². The topological polar surface area (TPSA) is 99.1 Å². The first-order chi connectivity index (χ1) is 28.6. The molecule has 0 heterocycles. The van der Waals surface area contributed by atoms with Gasteiger partial charge in [0.2, 0.25) is 0 Å². The minimum absolute atomic E-state index is 0.0292. The van der Waals surface area contributed by atoms with Crippen LogP contribution in [0.1, 0.15) is 155 Å². The Bertz CT molecular complexity index is 1280. The molecule has 0 aliphatic carbocycles. The van der Waals surface area contributed by atoms with Crippen LogP contribution < -0.4 is 0 Å². The van der Waals surface area contributed by atoms with Crippen LogP contribution in [-0.4, -0.2) is 80.6 Å². The summed E-state index contributed by atoms with van der Waals surface area (Å²) in [5, 5.41) is 9.62. The van der Waals surface area contributed by atoms with Gasteiger partial charge >= 0.3 is 17.9 Å². The summed E-state index contributed by atoms with van der Waals surface area (Å²) in [7, 11) is 5.49. The van der Waals surface area contributed by atoms with Crippen molar-refractivity contribution in [1.29, 1.82) is 0 Å². The highest BCUT2D eigenvalue weighted by atomic mass is 16.6. The zero-order valence-electron chi connectivity index (χ0n) is 37.9. The molecule has 8 nitrogen and oxygen atoms in total. The average molecular weight is 823 g/mol. The fourth-order valence-electron chi connectivity index (χ4n) is 5.96. The number of hydrogen-bond donors (Lipinski definition) is 1. The quantitative estimate of drug-likeness (QED) is 0.0285. The van der Waals surface area contributed by atoms with Crippen molar-refractivity contribution < 1.29 is 38.2 Å². The first-order valence-corrected chi connectivity index (χ1v) is 22.8. The number of carboxylic acid groups (broad SMARTS) is 1. The van der Waals surface area contributed by atoms with Gasteiger partial charge in [-0.15, -0.1) is 0 Å². The maximum atomic E-state index is 12.7. The summed E-state index contributed by atoms with van der Waals surface area (Å²) in [5.41, 5.74) is 0. The van der Waals surface area contributed by atoms with Gasteiger partial charge in [-0.1, -0.05) is 143 Å². The molecule has 0 amide bonds. The largest absolute Gasteiger partial charge is 0.477 e. The molecule has 8 heteroatoms. The number of carboxylic acids is 1. The predicted octanol–water partition coefficient (Wildman–Crippen LogP) is 12.7. The van der Waals surface area contributed by atoms with Crippen molar-refractivity contribution in [3.8, 4) is 0 Å². The Hall–Kier alpha value is -3.75. The number of quaternary nitrogens is 1. The Kier molecular flexibility index (Phi) is 38.4. The highest BCUT2D eigenvalue weighted by molar-refractivity contribution is 5.72. The van der Waals surface area contributed by atoms with Gasteiger partial charge in [-0.2, -0.15) is 0 Å². The third-order valence-electron chi connectivity index (χ3n) is 9.47. The number of rotatable bonds is 39. The third kappa shape index (κ3) is 39.5. The average Bonchev–Trinajstić information content (AvgIpc) is 3.19. The van der Waals surface area contributed by atoms with E-state index in [0.29, 0.717) is 19.3 Å². The van der Waals surface area contributed by atoms with E-state index in [9.17, 15) is 19.5 Å². The molecule has 0 aliphatic rings. The number of nitrogens with zero attached hydrogens (tertiary/aromatic N) is 1. The third-order valence-corrected chi connectivity index (χ3v) is 9.47. The Morgan fingerprint density at radius 3 is 1.47 bits per heavy atom. The standard InChI is InChI=1S/C51H83NO7/c1-6-8-10-12-14-16-18-20-21-22-23-24-25-26-27-28-29-30-32-34-36-38-40-42-50(54)59-47(45-57-44-43-48(51(55)56)52(3,4)5)46-58-49(53)41-39-37-35-33-31-19-17-15-13-11-9-7-2/h8,10,14-17,20-21,23-24,26-27,29-30,34,36,47-48H,6-7,9,11-13,18-19,22,25,28,31-33,35,37-46H2,1-5H3/p+1/b10-8+,16-14+,17-15+,21-20+,24-23+,27-26+,30-29+,36-34+. The van der Waals surface area contributed by atoms with E-state index in [-0.39, 0.29) is 42.7 Å². The molecule has 0 aliphatic heterocycles. The van der Waals surface area contributed by atoms with Crippen LogP contribution in [0.4, 0.5) is 0 Å². The smallest absolute Gasteiger partial charge is 0.362 e. The normalized spacial score (nSPS) is 13.8. The van der Waals surface area contributed by atoms with E-state index >= 15 is 0 Å². The number of likely N-dealkylation sites (N-methyl/N-ethyl adjacent to an activating group) is 1. The van der Waals surface area contributed by atoms with E-state index in [4.69, 9.17) is 14.2 Å². The number of carbonyl (C=O) groups is 3. The second kappa shape index (κ2) is 41.0. The van der Waals surface area contributed by atoms with E-state index in [1.807, 2.05) is 21.1 Å². The van der Waals surface area contributed by atoms with Crippen molar-refractivity contribution in [2.45, 2.75) is 167 Å². The molecule has 0 fully saturated rings. The first kappa shape index (κ1) is 55.2. The lowest BCUT2D eigenvalue weighted by atomic mass is 10.1. The second-order valence-electron chi connectivity index (χ2n) is 15.9. The minimum Gasteiger partial charge on any atom is -0.477 e. The van der Waals surface area contributed by atoms with Crippen LogP contribution in [0.15, 0.2) is 97.2 Å². The molecule has 0 aromatic heterocycles. The van der Waals surface area contributed by atoms with E-state index in [2.05, 4.69) is 111 Å². The van der Waals surface area contributed by atoms with Gasteiger partial charge in [0.15, 0.2) is 12.1 Å². The molecule has 0 spiro atoms. The summed E-state index contributed by atoms with van der Waals surface area (Å²) in [6, 6.07) is -0.631. The van der Waals surface area contributed by atoms with Crippen molar-refractivity contribution in [2.24, 2.45) is 0 Å². The Morgan fingerprint density at radius 2 is 0.966 bits per heavy atom. The molecule has 0 rings (SSSR count). The molecule has 1 N–H and O–H groups in total. The molecule has 2 unspecified atom stereocenters. The SMILES string of the molecule is CC/C=C/C/C=C/C/C=C/C/C=C/C/C=C/C/C=C/C/C=C/CCCC(=O)OC(COCCC(C(=O)O)[N+](C)(C)C)COC(=O)CCCCCCC/C=C/CCCCC. The number of aliphatic carboxylic acids is 1. The van der Waals surface area contributed by atoms with Gasteiger partial charge in [-0.3, -0.25) is 9.59 Å². The maximum Gasteiger partial charge on any atom is 0.362 e. The highest BCUT2D eigenvalue weighted by Crippen LogP contribution is 2.12. The monoisotopic (exact) mass is 823 g/mol. The minimum atomic E-state index is -0.890. The van der Waals surface area contributed by atoms with Gasteiger partial charge in [0.1, 0.15) is 6.61 Å². The van der Waals surface area contributed by atoms with Gasteiger partial charge in [-0.05, 0) is 89.9 Å². The Labute approximate surface area is 360 Å². The zero-order valence-corrected chi connectivity index (χ0v) is 37.9. The zero-order chi connectivity index (χ0) is 43.5. The number of ether oxygens (including phenoxy) is 3. The van der Waals surface area contributed by atoms with Crippen LogP contribution in [0, 0.1) is 0 Å². The molecular formula is C51H84NO7+. The van der Waals surface area contributed by atoms with E-state index in [0.717, 1.165) is 83.5 Å². The van der Waals surface area contributed by atoms with Crippen molar-refractivity contribution in [3.63, 3.8) is 0 Å². The molecule has 334 valence electrons. The fourth-order valence-corrected chi connectivity index (χ4v) is 5.96. The molecule has 0 aromatic rings. The van der Waals surface area contributed by atoms with Crippen LogP contribution in [0.5, 0.6) is 0 Å². The van der Waals surface area contributed by atoms with Crippen LogP contribution in [0.2, 0.25) is 0 Å². The summed E-state index contributed by atoms with van der Waals surface area (Å²) >= 11 is 0. The molecule has 0 saturated carbocycles. The van der Waals surface area contributed by atoms with Crippen molar-refractivity contribution >= 4 is 17.9 Å². The van der Waals surface area contributed by atoms with Gasteiger partial charge in [0, 0.05) is 19.3 Å². The first-order valence-electron chi connectivity index (χ1n) is 22.8. The molecule has 0 bridgehead atoms. The van der Waals surface area contributed by atoms with E-state index in [1.165, 1.54) is 32.1 Å². The molecule has 0 radical (unpaired) electrons. The lowest BCUT2D eigenvalue weighted by molar-refractivity contribution is -0.887. The van der Waals surface area contributed by atoms with Gasteiger partial charge in [0.25, 0.3) is 0 Å². The van der Waals surface area contributed by atoms with Crippen LogP contribution in [0.25, 0.3) is 0 Å². The Morgan fingerprint density at radius 1 is 0.525 bits per heavy atom. The molecule has 0 saturated heterocycles. The lowest BCUT2D eigenvalue weighted by Crippen LogP contribution is -2.50.